The van der Waals surface area contributed by atoms with Crippen molar-refractivity contribution in [3.05, 3.63) is 84.3 Å². The number of ether oxygens (including phenoxy) is 3. The third kappa shape index (κ3) is 9.27. The zero-order valence-electron chi connectivity index (χ0n) is 36.4. The quantitative estimate of drug-likeness (QED) is 0.129. The lowest BCUT2D eigenvalue weighted by atomic mass is 9.90. The fourth-order valence-electron chi connectivity index (χ4n) is 9.05. The summed E-state index contributed by atoms with van der Waals surface area (Å²) >= 11 is 0. The Bertz CT molecular complexity index is 2320. The van der Waals surface area contributed by atoms with Crippen molar-refractivity contribution >= 4 is 46.2 Å². The van der Waals surface area contributed by atoms with E-state index in [4.69, 9.17) is 24.2 Å². The number of esters is 1. The number of aromatic amines is 1. The Kier molecular flexibility index (Phi) is 13.1. The summed E-state index contributed by atoms with van der Waals surface area (Å²) in [5, 5.41) is 2.65. The van der Waals surface area contributed by atoms with Gasteiger partial charge in [0.15, 0.2) is 0 Å². The maximum Gasteiger partial charge on any atom is 0.407 e. The highest BCUT2D eigenvalue weighted by Gasteiger charge is 2.42. The van der Waals surface area contributed by atoms with Crippen LogP contribution in [0.4, 0.5) is 4.79 Å². The van der Waals surface area contributed by atoms with Crippen molar-refractivity contribution in [3.8, 4) is 22.3 Å². The Morgan fingerprint density at radius 1 is 0.770 bits per heavy atom. The normalized spacial score (nSPS) is 21.6. The average Bonchev–Trinajstić information content (AvgIpc) is 4.09. The Morgan fingerprint density at radius 2 is 1.34 bits per heavy atom. The Labute approximate surface area is 357 Å². The molecule has 3 aliphatic heterocycles. The molecule has 7 atom stereocenters. The van der Waals surface area contributed by atoms with Crippen molar-refractivity contribution in [2.45, 2.75) is 84.5 Å². The number of nitrogens with zero attached hydrogens (tertiary/aromatic N) is 4. The van der Waals surface area contributed by atoms with Crippen molar-refractivity contribution < 1.29 is 33.4 Å². The van der Waals surface area contributed by atoms with Crippen molar-refractivity contribution in [1.29, 1.82) is 0 Å². The van der Waals surface area contributed by atoms with E-state index in [1.54, 1.807) is 11.8 Å². The summed E-state index contributed by atoms with van der Waals surface area (Å²) in [5.74, 6) is 0.290. The highest BCUT2D eigenvalue weighted by molar-refractivity contribution is 6.03. The summed E-state index contributed by atoms with van der Waals surface area (Å²) < 4.78 is 15.1. The molecule has 13 heteroatoms. The van der Waals surface area contributed by atoms with Crippen LogP contribution in [-0.4, -0.2) is 102 Å². The number of rotatable bonds is 13. The van der Waals surface area contributed by atoms with Gasteiger partial charge in [-0.1, -0.05) is 82.3 Å². The van der Waals surface area contributed by atoms with Gasteiger partial charge in [0.25, 0.3) is 0 Å². The summed E-state index contributed by atoms with van der Waals surface area (Å²) in [6.45, 7) is 11.2. The molecule has 2 fully saturated rings. The Balaban J connectivity index is 1.01. The highest BCUT2D eigenvalue weighted by atomic mass is 16.5. The molecule has 3 aliphatic rings. The fourth-order valence-corrected chi connectivity index (χ4v) is 9.05. The van der Waals surface area contributed by atoms with E-state index in [0.717, 1.165) is 63.0 Å². The molecule has 1 aromatic heterocycles. The number of H-pyrrole nitrogens is 1. The number of imidazole rings is 1. The number of fused-ring (bicyclic) bond motifs is 1. The standard InChI is InChI=1S/C48H58N6O7/c1-27(2)37(23-43(55)60-7)46(56)53-25-28(3)19-41(53)40-22-36(24-49-40)34-15-11-32(12-16-34)31-9-13-33(14-10-31)35-17-18-38-39(21-35)51-45(50-38)42-20-29(4)26-54(42)47(57)44(30(5)59-6)52-48(58)61-8/h9-18,21,24,27-30,37,41-42,44H,19-20,22-23,25-26H2,1-8H3,(H,50,51)(H,52,58)/t28-,29-,30+,37-,41-,42-,44-/m0/s1. The number of allylic oxidation sites excluding steroid dienone is 1. The van der Waals surface area contributed by atoms with Gasteiger partial charge in [0, 0.05) is 38.5 Å². The second-order valence-electron chi connectivity index (χ2n) is 17.3. The number of likely N-dealkylation sites (tertiary alicyclic amines) is 2. The van der Waals surface area contributed by atoms with Gasteiger partial charge in [0.1, 0.15) is 11.9 Å². The predicted octanol–water partition coefficient (Wildman–Crippen LogP) is 7.82. The SMILES string of the molecule is COC(=O)C[C@H](C(=O)N1C[C@@H](C)C[C@H]1C1=NC=C(c2ccc(-c3ccc(-c4ccc5nc([C@@H]6C[C@H](C)CN6C(=O)[C@@H](NC(=O)OC)[C@@H](C)OC)[nH]c5c4)cc3)cc2)C1)C(C)C. The highest BCUT2D eigenvalue weighted by Crippen LogP contribution is 2.38. The van der Waals surface area contributed by atoms with Gasteiger partial charge in [-0.05, 0) is 83.0 Å². The molecule has 2 saturated heterocycles. The molecule has 0 bridgehead atoms. The van der Waals surface area contributed by atoms with E-state index < -0.39 is 24.2 Å². The Hall–Kier alpha value is -5.82. The third-order valence-corrected chi connectivity index (χ3v) is 12.7. The fraction of sp³-hybridized carbons (Fsp3) is 0.458. The van der Waals surface area contributed by atoms with Crippen LogP contribution < -0.4 is 5.32 Å². The molecule has 322 valence electrons. The molecular weight excluding hydrogens is 773 g/mol. The van der Waals surface area contributed by atoms with Gasteiger partial charge >= 0.3 is 12.1 Å². The van der Waals surface area contributed by atoms with Crippen LogP contribution in [0, 0.1) is 23.7 Å². The number of methoxy groups -OCH3 is 3. The number of aromatic nitrogens is 2. The van der Waals surface area contributed by atoms with Gasteiger partial charge in [-0.25, -0.2) is 9.78 Å². The summed E-state index contributed by atoms with van der Waals surface area (Å²) in [6.07, 6.45) is 3.04. The van der Waals surface area contributed by atoms with Crippen molar-refractivity contribution in [1.82, 2.24) is 25.1 Å². The average molecular weight is 831 g/mol. The maximum atomic E-state index is 13.9. The van der Waals surface area contributed by atoms with Gasteiger partial charge in [-0.3, -0.25) is 19.4 Å². The third-order valence-electron chi connectivity index (χ3n) is 12.7. The number of carbonyl (C=O) groups excluding carboxylic acids is 4. The molecule has 0 aliphatic carbocycles. The topological polar surface area (TPSA) is 156 Å². The zero-order chi connectivity index (χ0) is 43.5. The van der Waals surface area contributed by atoms with Crippen LogP contribution in [0.2, 0.25) is 0 Å². The molecule has 0 spiro atoms. The number of alkyl carbamates (subject to hydrolysis) is 1. The Morgan fingerprint density at radius 3 is 1.93 bits per heavy atom. The van der Waals surface area contributed by atoms with Crippen LogP contribution in [-0.2, 0) is 28.6 Å². The van der Waals surface area contributed by atoms with E-state index in [-0.39, 0.29) is 48.1 Å². The molecule has 4 aromatic rings. The lowest BCUT2D eigenvalue weighted by Crippen LogP contribution is -2.54. The number of hydrogen-bond donors (Lipinski definition) is 2. The molecule has 4 heterocycles. The molecule has 7 rings (SSSR count). The molecule has 0 unspecified atom stereocenters. The number of benzene rings is 3. The first-order valence-electron chi connectivity index (χ1n) is 21.3. The summed E-state index contributed by atoms with van der Waals surface area (Å²) in [6, 6.07) is 21.9. The lowest BCUT2D eigenvalue weighted by Gasteiger charge is -2.30. The van der Waals surface area contributed by atoms with Gasteiger partial charge in [0.05, 0.1) is 55.8 Å². The van der Waals surface area contributed by atoms with Crippen LogP contribution in [0.25, 0.3) is 38.9 Å². The lowest BCUT2D eigenvalue weighted by molar-refractivity contribution is -0.148. The monoisotopic (exact) mass is 830 g/mol. The summed E-state index contributed by atoms with van der Waals surface area (Å²) in [4.78, 5) is 68.9. The van der Waals surface area contributed by atoms with Crippen LogP contribution in [0.5, 0.6) is 0 Å². The van der Waals surface area contributed by atoms with E-state index in [9.17, 15) is 19.2 Å². The van der Waals surface area contributed by atoms with E-state index in [0.29, 0.717) is 31.3 Å². The number of amides is 3. The predicted molar refractivity (Wildman–Crippen MR) is 235 cm³/mol. The summed E-state index contributed by atoms with van der Waals surface area (Å²) in [7, 11) is 4.14. The minimum Gasteiger partial charge on any atom is -0.469 e. The van der Waals surface area contributed by atoms with Crippen molar-refractivity contribution in [2.75, 3.05) is 34.4 Å². The first-order chi connectivity index (χ1) is 29.3. The largest absolute Gasteiger partial charge is 0.469 e. The van der Waals surface area contributed by atoms with E-state index in [1.165, 1.54) is 21.3 Å². The number of carbonyl (C=O) groups is 4. The summed E-state index contributed by atoms with van der Waals surface area (Å²) in [5.41, 5.74) is 9.21. The van der Waals surface area contributed by atoms with Gasteiger partial charge in [-0.2, -0.15) is 0 Å². The smallest absolute Gasteiger partial charge is 0.407 e. The van der Waals surface area contributed by atoms with Crippen LogP contribution in [0.1, 0.15) is 77.7 Å². The molecule has 0 saturated carbocycles. The zero-order valence-corrected chi connectivity index (χ0v) is 36.4. The van der Waals surface area contributed by atoms with Crippen LogP contribution >= 0.6 is 0 Å². The molecule has 3 amide bonds. The molecule has 0 radical (unpaired) electrons. The van der Waals surface area contributed by atoms with Crippen LogP contribution in [0.15, 0.2) is 77.9 Å². The minimum atomic E-state index is -0.905. The number of hydrogen-bond acceptors (Lipinski definition) is 9. The minimum absolute atomic E-state index is 0.00712. The van der Waals surface area contributed by atoms with Gasteiger partial charge in [0.2, 0.25) is 11.8 Å². The van der Waals surface area contributed by atoms with Gasteiger partial charge in [-0.15, -0.1) is 0 Å². The van der Waals surface area contributed by atoms with E-state index >= 15 is 0 Å². The molecule has 2 N–H and O–H groups in total. The second-order valence-corrected chi connectivity index (χ2v) is 17.3. The molecule has 13 nitrogen and oxygen atoms in total. The first kappa shape index (κ1) is 43.3. The molecule has 3 aromatic carbocycles. The van der Waals surface area contributed by atoms with E-state index in [2.05, 4.69) is 84.8 Å². The second kappa shape index (κ2) is 18.4. The molecular formula is C48H58N6O7. The van der Waals surface area contributed by atoms with Gasteiger partial charge < -0.3 is 34.3 Å². The van der Waals surface area contributed by atoms with E-state index in [1.807, 2.05) is 31.0 Å². The van der Waals surface area contributed by atoms with Crippen molar-refractivity contribution in [2.24, 2.45) is 28.7 Å². The van der Waals surface area contributed by atoms with Crippen molar-refractivity contribution in [3.63, 3.8) is 0 Å². The molecule has 61 heavy (non-hydrogen) atoms. The number of aliphatic imine (C=N–C) groups is 1. The first-order valence-corrected chi connectivity index (χ1v) is 21.3. The number of nitrogens with one attached hydrogen (secondary N) is 2. The van der Waals surface area contributed by atoms with Crippen LogP contribution in [0.3, 0.4) is 0 Å². The maximum absolute atomic E-state index is 13.9.